The van der Waals surface area contributed by atoms with Crippen molar-refractivity contribution in [3.63, 3.8) is 0 Å². The van der Waals surface area contributed by atoms with E-state index in [0.29, 0.717) is 24.4 Å². The smallest absolute Gasteiger partial charge is 0.230 e. The SMILES string of the molecule is O=C(NCC1CCS(=O)(=O)CC1)C1(c2ccc(Cl)cc2)CCC1. The highest BCUT2D eigenvalue weighted by Crippen LogP contribution is 2.44. The molecule has 0 unspecified atom stereocenters. The second-order valence-electron chi connectivity index (χ2n) is 6.75. The van der Waals surface area contributed by atoms with E-state index in [2.05, 4.69) is 5.32 Å². The molecule has 2 aliphatic rings. The van der Waals surface area contributed by atoms with Gasteiger partial charge in [-0.15, -0.1) is 0 Å². The van der Waals surface area contributed by atoms with Crippen LogP contribution in [-0.2, 0) is 20.0 Å². The molecule has 1 aliphatic heterocycles. The first kappa shape index (κ1) is 16.8. The topological polar surface area (TPSA) is 63.2 Å². The fraction of sp³-hybridized carbons (Fsp3) is 0.588. The molecule has 1 aromatic carbocycles. The number of halogens is 1. The number of amides is 1. The van der Waals surface area contributed by atoms with Crippen LogP contribution in [0.15, 0.2) is 24.3 Å². The van der Waals surface area contributed by atoms with Gasteiger partial charge in [-0.1, -0.05) is 30.2 Å². The minimum Gasteiger partial charge on any atom is -0.355 e. The van der Waals surface area contributed by atoms with E-state index >= 15 is 0 Å². The van der Waals surface area contributed by atoms with Crippen LogP contribution in [0.5, 0.6) is 0 Å². The molecule has 0 aromatic heterocycles. The molecule has 3 rings (SSSR count). The van der Waals surface area contributed by atoms with Gasteiger partial charge in [0.1, 0.15) is 9.84 Å². The number of rotatable bonds is 4. The Hall–Kier alpha value is -1.07. The van der Waals surface area contributed by atoms with E-state index < -0.39 is 15.3 Å². The van der Waals surface area contributed by atoms with Gasteiger partial charge in [-0.25, -0.2) is 8.42 Å². The van der Waals surface area contributed by atoms with Crippen LogP contribution in [0.2, 0.25) is 5.02 Å². The zero-order chi connectivity index (χ0) is 16.5. The molecule has 126 valence electrons. The third-order valence-electron chi connectivity index (χ3n) is 5.26. The monoisotopic (exact) mass is 355 g/mol. The molecule has 0 radical (unpaired) electrons. The van der Waals surface area contributed by atoms with E-state index in [1.54, 1.807) is 0 Å². The highest BCUT2D eigenvalue weighted by atomic mass is 35.5. The molecule has 0 atom stereocenters. The molecule has 1 amide bonds. The molecule has 6 heteroatoms. The van der Waals surface area contributed by atoms with E-state index in [1.807, 2.05) is 24.3 Å². The van der Waals surface area contributed by atoms with E-state index in [9.17, 15) is 13.2 Å². The summed E-state index contributed by atoms with van der Waals surface area (Å²) in [6, 6.07) is 7.54. The third-order valence-corrected chi connectivity index (χ3v) is 7.23. The Kier molecular flexibility index (Phi) is 4.70. The molecule has 1 N–H and O–H groups in total. The average Bonchev–Trinajstić information content (AvgIpc) is 2.47. The van der Waals surface area contributed by atoms with E-state index in [1.165, 1.54) is 0 Å². The van der Waals surface area contributed by atoms with Crippen LogP contribution in [0.25, 0.3) is 0 Å². The molecule has 4 nitrogen and oxygen atoms in total. The zero-order valence-corrected chi connectivity index (χ0v) is 14.6. The number of sulfone groups is 1. The van der Waals surface area contributed by atoms with Crippen molar-refractivity contribution in [1.29, 1.82) is 0 Å². The van der Waals surface area contributed by atoms with Crippen LogP contribution in [-0.4, -0.2) is 32.4 Å². The average molecular weight is 356 g/mol. The minimum absolute atomic E-state index is 0.0690. The fourth-order valence-electron chi connectivity index (χ4n) is 3.50. The lowest BCUT2D eigenvalue weighted by Gasteiger charge is -2.41. The molecule has 0 spiro atoms. The van der Waals surface area contributed by atoms with Gasteiger partial charge < -0.3 is 5.32 Å². The Balaban J connectivity index is 1.61. The summed E-state index contributed by atoms with van der Waals surface area (Å²) in [6.07, 6.45) is 4.07. The molecular weight excluding hydrogens is 334 g/mol. The predicted molar refractivity (Wildman–Crippen MR) is 91.4 cm³/mol. The molecule has 1 aliphatic carbocycles. The van der Waals surface area contributed by atoms with Gasteiger partial charge in [-0.3, -0.25) is 4.79 Å². The Labute approximate surface area is 142 Å². The van der Waals surface area contributed by atoms with Crippen molar-refractivity contribution in [3.8, 4) is 0 Å². The second-order valence-corrected chi connectivity index (χ2v) is 9.49. The summed E-state index contributed by atoms with van der Waals surface area (Å²) >= 11 is 5.94. The van der Waals surface area contributed by atoms with Crippen molar-refractivity contribution < 1.29 is 13.2 Å². The molecule has 1 saturated heterocycles. The van der Waals surface area contributed by atoms with Gasteiger partial charge in [0.2, 0.25) is 5.91 Å². The summed E-state index contributed by atoms with van der Waals surface area (Å²) in [6.45, 7) is 0.573. The van der Waals surface area contributed by atoms with E-state index in [-0.39, 0.29) is 23.3 Å². The quantitative estimate of drug-likeness (QED) is 0.903. The Bertz CT molecular complexity index is 666. The fourth-order valence-corrected chi connectivity index (χ4v) is 5.21. The molecule has 1 heterocycles. The molecule has 2 fully saturated rings. The second kappa shape index (κ2) is 6.44. The molecular formula is C17H22ClNO3S. The number of hydrogen-bond acceptors (Lipinski definition) is 3. The zero-order valence-electron chi connectivity index (χ0n) is 13.1. The van der Waals surface area contributed by atoms with E-state index in [0.717, 1.165) is 24.8 Å². The molecule has 1 aromatic rings. The van der Waals surface area contributed by atoms with Gasteiger partial charge in [0.05, 0.1) is 16.9 Å². The van der Waals surface area contributed by atoms with Crippen LogP contribution in [0, 0.1) is 5.92 Å². The number of carbonyl (C=O) groups is 1. The Morgan fingerprint density at radius 1 is 1.17 bits per heavy atom. The summed E-state index contributed by atoms with van der Waals surface area (Å²) in [5, 5.41) is 3.74. The minimum atomic E-state index is -2.85. The summed E-state index contributed by atoms with van der Waals surface area (Å²) in [5.41, 5.74) is 0.600. The van der Waals surface area contributed by atoms with Crippen molar-refractivity contribution in [2.24, 2.45) is 5.92 Å². The Morgan fingerprint density at radius 3 is 2.30 bits per heavy atom. The lowest BCUT2D eigenvalue weighted by molar-refractivity contribution is -0.130. The van der Waals surface area contributed by atoms with Crippen LogP contribution in [0.1, 0.15) is 37.7 Å². The first-order chi connectivity index (χ1) is 10.9. The maximum absolute atomic E-state index is 12.7. The first-order valence-electron chi connectivity index (χ1n) is 8.16. The maximum Gasteiger partial charge on any atom is 0.230 e. The highest BCUT2D eigenvalue weighted by molar-refractivity contribution is 7.91. The number of hydrogen-bond donors (Lipinski definition) is 1. The van der Waals surface area contributed by atoms with Gasteiger partial charge in [0.25, 0.3) is 0 Å². The largest absolute Gasteiger partial charge is 0.355 e. The highest BCUT2D eigenvalue weighted by Gasteiger charge is 2.45. The summed E-state index contributed by atoms with van der Waals surface area (Å²) in [7, 11) is -2.85. The summed E-state index contributed by atoms with van der Waals surface area (Å²) in [4.78, 5) is 12.7. The van der Waals surface area contributed by atoms with Crippen molar-refractivity contribution in [3.05, 3.63) is 34.9 Å². The van der Waals surface area contributed by atoms with E-state index in [4.69, 9.17) is 11.6 Å². The summed E-state index contributed by atoms with van der Waals surface area (Å²) < 4.78 is 22.9. The van der Waals surface area contributed by atoms with Crippen molar-refractivity contribution >= 4 is 27.3 Å². The molecule has 1 saturated carbocycles. The van der Waals surface area contributed by atoms with Crippen LogP contribution in [0.3, 0.4) is 0 Å². The van der Waals surface area contributed by atoms with Gasteiger partial charge in [0.15, 0.2) is 0 Å². The number of carbonyl (C=O) groups excluding carboxylic acids is 1. The number of nitrogens with one attached hydrogen (secondary N) is 1. The van der Waals surface area contributed by atoms with Crippen molar-refractivity contribution in [2.75, 3.05) is 18.1 Å². The van der Waals surface area contributed by atoms with Gasteiger partial charge >= 0.3 is 0 Å². The van der Waals surface area contributed by atoms with Crippen LogP contribution >= 0.6 is 11.6 Å². The molecule has 23 heavy (non-hydrogen) atoms. The third kappa shape index (κ3) is 3.56. The van der Waals surface area contributed by atoms with Gasteiger partial charge in [0, 0.05) is 11.6 Å². The van der Waals surface area contributed by atoms with Gasteiger partial charge in [-0.05, 0) is 49.3 Å². The lowest BCUT2D eigenvalue weighted by atomic mass is 9.64. The summed E-state index contributed by atoms with van der Waals surface area (Å²) in [5.74, 6) is 0.829. The number of benzene rings is 1. The normalized spacial score (nSPS) is 23.0. The molecule has 0 bridgehead atoms. The Morgan fingerprint density at radius 2 is 1.78 bits per heavy atom. The van der Waals surface area contributed by atoms with Crippen molar-refractivity contribution in [2.45, 2.75) is 37.5 Å². The van der Waals surface area contributed by atoms with Crippen LogP contribution in [0.4, 0.5) is 0 Å². The van der Waals surface area contributed by atoms with Crippen LogP contribution < -0.4 is 5.32 Å². The predicted octanol–water partition coefficient (Wildman–Crippen LogP) is 2.70. The van der Waals surface area contributed by atoms with Crippen molar-refractivity contribution in [1.82, 2.24) is 5.32 Å². The lowest BCUT2D eigenvalue weighted by Crippen LogP contribution is -2.50. The first-order valence-corrected chi connectivity index (χ1v) is 10.4. The standard InChI is InChI=1S/C17H22ClNO3S/c18-15-4-2-14(3-5-15)17(8-1-9-17)16(20)19-12-13-6-10-23(21,22)11-7-13/h2-5,13H,1,6-12H2,(H,19,20). The van der Waals surface area contributed by atoms with Gasteiger partial charge in [-0.2, -0.15) is 0 Å². The maximum atomic E-state index is 12.7.